The molecule has 0 bridgehead atoms. The predicted molar refractivity (Wildman–Crippen MR) is 90.3 cm³/mol. The van der Waals surface area contributed by atoms with Crippen molar-refractivity contribution in [3.05, 3.63) is 59.9 Å². The molecule has 1 fully saturated rings. The van der Waals surface area contributed by atoms with Crippen molar-refractivity contribution in [3.63, 3.8) is 0 Å². The van der Waals surface area contributed by atoms with Gasteiger partial charge in [0.05, 0.1) is 30.1 Å². The second-order valence-corrected chi connectivity index (χ2v) is 6.46. The van der Waals surface area contributed by atoms with Gasteiger partial charge in [-0.1, -0.05) is 30.3 Å². The highest BCUT2D eigenvalue weighted by Crippen LogP contribution is 2.24. The summed E-state index contributed by atoms with van der Waals surface area (Å²) < 4.78 is 0. The Hall–Kier alpha value is -2.31. The Balaban J connectivity index is 1.58. The molecule has 1 amide bonds. The van der Waals surface area contributed by atoms with Crippen molar-refractivity contribution in [1.82, 2.24) is 20.0 Å². The van der Waals surface area contributed by atoms with Gasteiger partial charge in [-0.3, -0.25) is 9.69 Å². The Morgan fingerprint density at radius 1 is 1.29 bits per heavy atom. The van der Waals surface area contributed by atoms with Crippen molar-refractivity contribution in [2.24, 2.45) is 0 Å². The molecule has 1 saturated heterocycles. The highest BCUT2D eigenvalue weighted by Gasteiger charge is 2.37. The van der Waals surface area contributed by atoms with Crippen LogP contribution < -0.4 is 0 Å². The molecule has 2 heterocycles. The molecular weight excluding hydrogens is 304 g/mol. The maximum Gasteiger partial charge on any atom is 0.255 e. The van der Waals surface area contributed by atoms with E-state index < -0.39 is 5.60 Å². The van der Waals surface area contributed by atoms with Crippen LogP contribution in [-0.4, -0.2) is 63.3 Å². The van der Waals surface area contributed by atoms with Crippen molar-refractivity contribution in [3.8, 4) is 0 Å². The quantitative estimate of drug-likeness (QED) is 0.894. The summed E-state index contributed by atoms with van der Waals surface area (Å²) in [4.78, 5) is 16.2. The topological polar surface area (TPSA) is 69.6 Å². The molecule has 1 aromatic carbocycles. The van der Waals surface area contributed by atoms with Gasteiger partial charge in [0, 0.05) is 26.7 Å². The molecule has 126 valence electrons. The number of carbonyl (C=O) groups excluding carboxylic acids is 1. The first-order valence-corrected chi connectivity index (χ1v) is 8.07. The molecule has 6 heteroatoms. The second-order valence-electron chi connectivity index (χ2n) is 6.46. The number of β-amino-alcohol motifs (C(OH)–C–C–N with tert-alkyl or cyclic N) is 1. The van der Waals surface area contributed by atoms with Crippen molar-refractivity contribution in [1.29, 1.82) is 0 Å². The summed E-state index contributed by atoms with van der Waals surface area (Å²) in [6.07, 6.45) is 3.60. The summed E-state index contributed by atoms with van der Waals surface area (Å²) in [5.41, 5.74) is 0.837. The van der Waals surface area contributed by atoms with Gasteiger partial charge < -0.3 is 10.0 Å². The second kappa shape index (κ2) is 7.07. The maximum absolute atomic E-state index is 12.4. The molecule has 1 aromatic heterocycles. The number of aliphatic hydroxyl groups is 1. The highest BCUT2D eigenvalue weighted by atomic mass is 16.3. The molecule has 24 heavy (non-hydrogen) atoms. The van der Waals surface area contributed by atoms with Gasteiger partial charge in [-0.15, -0.1) is 0 Å². The summed E-state index contributed by atoms with van der Waals surface area (Å²) in [7, 11) is 1.71. The Morgan fingerprint density at radius 2 is 2.08 bits per heavy atom. The molecule has 1 atom stereocenters. The SMILES string of the molecule is CN(C[C@]1(O)CCN(Cc2ccccc2)C1)C(=O)c1ccnnc1. The Labute approximate surface area is 141 Å². The number of nitrogens with zero attached hydrogens (tertiary/aromatic N) is 4. The lowest BCUT2D eigenvalue weighted by Gasteiger charge is -2.29. The maximum atomic E-state index is 12.4. The monoisotopic (exact) mass is 326 g/mol. The Kier molecular flexibility index (Phi) is 4.87. The summed E-state index contributed by atoms with van der Waals surface area (Å²) in [5.74, 6) is -0.153. The molecule has 0 unspecified atom stereocenters. The fourth-order valence-electron chi connectivity index (χ4n) is 3.20. The van der Waals surface area contributed by atoms with Crippen molar-refractivity contribution in [2.75, 3.05) is 26.7 Å². The minimum Gasteiger partial charge on any atom is -0.387 e. The summed E-state index contributed by atoms with van der Waals surface area (Å²) >= 11 is 0. The van der Waals surface area contributed by atoms with E-state index in [4.69, 9.17) is 0 Å². The zero-order valence-electron chi connectivity index (χ0n) is 13.8. The molecule has 0 spiro atoms. The molecule has 6 nitrogen and oxygen atoms in total. The first kappa shape index (κ1) is 16.5. The Morgan fingerprint density at radius 3 is 2.79 bits per heavy atom. The van der Waals surface area contributed by atoms with Crippen molar-refractivity contribution in [2.45, 2.75) is 18.6 Å². The zero-order chi connectivity index (χ0) is 17.0. The third-order valence-corrected chi connectivity index (χ3v) is 4.37. The molecule has 1 aliphatic heterocycles. The predicted octanol–water partition coefficient (Wildman–Crippen LogP) is 1.19. The van der Waals surface area contributed by atoms with Crippen LogP contribution in [0.25, 0.3) is 0 Å². The summed E-state index contributed by atoms with van der Waals surface area (Å²) in [6.45, 7) is 2.51. The number of hydrogen-bond donors (Lipinski definition) is 1. The molecular formula is C18H22N4O2. The number of amides is 1. The number of carbonyl (C=O) groups is 1. The zero-order valence-corrected chi connectivity index (χ0v) is 13.8. The first-order chi connectivity index (χ1) is 11.6. The van der Waals surface area contributed by atoms with Gasteiger partial charge >= 0.3 is 0 Å². The molecule has 0 aliphatic carbocycles. The van der Waals surface area contributed by atoms with E-state index in [1.54, 1.807) is 18.0 Å². The van der Waals surface area contributed by atoms with Gasteiger partial charge in [0.1, 0.15) is 0 Å². The van der Waals surface area contributed by atoms with Gasteiger partial charge in [0.25, 0.3) is 5.91 Å². The fourth-order valence-corrected chi connectivity index (χ4v) is 3.20. The number of likely N-dealkylation sites (tertiary alicyclic amines) is 1. The van der Waals surface area contributed by atoms with Crippen LogP contribution in [0.4, 0.5) is 0 Å². The van der Waals surface area contributed by atoms with Crippen LogP contribution in [-0.2, 0) is 6.54 Å². The molecule has 3 rings (SSSR count). The molecule has 1 aliphatic rings. The van der Waals surface area contributed by atoms with Crippen LogP contribution in [0.3, 0.4) is 0 Å². The normalized spacial score (nSPS) is 20.9. The van der Waals surface area contributed by atoms with E-state index in [0.29, 0.717) is 25.1 Å². The largest absolute Gasteiger partial charge is 0.387 e. The van der Waals surface area contributed by atoms with Gasteiger partial charge in [0.2, 0.25) is 0 Å². The van der Waals surface area contributed by atoms with E-state index in [1.807, 2.05) is 18.2 Å². The summed E-state index contributed by atoms with van der Waals surface area (Å²) in [6, 6.07) is 11.8. The van der Waals surface area contributed by atoms with Crippen LogP contribution in [0.2, 0.25) is 0 Å². The van der Waals surface area contributed by atoms with Crippen LogP contribution >= 0.6 is 0 Å². The lowest BCUT2D eigenvalue weighted by Crippen LogP contribution is -2.45. The first-order valence-electron chi connectivity index (χ1n) is 8.07. The van der Waals surface area contributed by atoms with Gasteiger partial charge in [-0.2, -0.15) is 10.2 Å². The highest BCUT2D eigenvalue weighted by molar-refractivity contribution is 5.93. The molecule has 0 saturated carbocycles. The van der Waals surface area contributed by atoms with Crippen LogP contribution in [0.1, 0.15) is 22.3 Å². The van der Waals surface area contributed by atoms with Gasteiger partial charge in [-0.05, 0) is 18.1 Å². The average Bonchev–Trinajstić information content (AvgIpc) is 2.96. The van der Waals surface area contributed by atoms with Gasteiger partial charge in [-0.25, -0.2) is 0 Å². The molecule has 1 N–H and O–H groups in total. The molecule has 2 aromatic rings. The minimum absolute atomic E-state index is 0.153. The standard InChI is InChI=1S/C18H22N4O2/c1-21(17(23)16-7-9-19-20-11-16)13-18(24)8-10-22(14-18)12-15-5-3-2-4-6-15/h2-7,9,11,24H,8,10,12-14H2,1H3/t18-/m1/s1. The van der Waals surface area contributed by atoms with Gasteiger partial charge in [0.15, 0.2) is 0 Å². The van der Waals surface area contributed by atoms with E-state index in [1.165, 1.54) is 18.0 Å². The smallest absolute Gasteiger partial charge is 0.255 e. The number of likely N-dealkylation sites (N-methyl/N-ethyl adjacent to an activating group) is 1. The van der Waals surface area contributed by atoms with E-state index >= 15 is 0 Å². The number of aromatic nitrogens is 2. The lowest BCUT2D eigenvalue weighted by atomic mass is 10.0. The summed E-state index contributed by atoms with van der Waals surface area (Å²) in [5, 5.41) is 18.2. The van der Waals surface area contributed by atoms with E-state index in [0.717, 1.165) is 13.1 Å². The van der Waals surface area contributed by atoms with E-state index in [2.05, 4.69) is 27.2 Å². The van der Waals surface area contributed by atoms with Crippen molar-refractivity contribution < 1.29 is 9.90 Å². The van der Waals surface area contributed by atoms with E-state index in [9.17, 15) is 9.90 Å². The van der Waals surface area contributed by atoms with Crippen molar-refractivity contribution >= 4 is 5.91 Å². The number of rotatable bonds is 5. The third-order valence-electron chi connectivity index (χ3n) is 4.37. The Bertz CT molecular complexity index is 680. The number of hydrogen-bond acceptors (Lipinski definition) is 5. The fraction of sp³-hybridized carbons (Fsp3) is 0.389. The third kappa shape index (κ3) is 3.96. The van der Waals surface area contributed by atoms with E-state index in [-0.39, 0.29) is 5.91 Å². The number of benzene rings is 1. The average molecular weight is 326 g/mol. The van der Waals surface area contributed by atoms with Crippen LogP contribution in [0, 0.1) is 0 Å². The van der Waals surface area contributed by atoms with Crippen LogP contribution in [0.5, 0.6) is 0 Å². The molecule has 0 radical (unpaired) electrons. The minimum atomic E-state index is -0.875. The lowest BCUT2D eigenvalue weighted by molar-refractivity contribution is 0.0170. The van der Waals surface area contributed by atoms with Crippen LogP contribution in [0.15, 0.2) is 48.8 Å².